The van der Waals surface area contributed by atoms with Crippen LogP contribution in [0.25, 0.3) is 10.3 Å². The van der Waals surface area contributed by atoms with Crippen molar-refractivity contribution in [1.82, 2.24) is 25.1 Å². The molecule has 0 unspecified atom stereocenters. The van der Waals surface area contributed by atoms with Crippen molar-refractivity contribution >= 4 is 50.3 Å². The van der Waals surface area contributed by atoms with E-state index in [4.69, 9.17) is 4.98 Å². The second-order valence-electron chi connectivity index (χ2n) is 9.08. The summed E-state index contributed by atoms with van der Waals surface area (Å²) in [6.45, 7) is 4.95. The predicted octanol–water partition coefficient (Wildman–Crippen LogP) is 3.53. The highest BCUT2D eigenvalue weighted by Gasteiger charge is 2.34. The lowest BCUT2D eigenvalue weighted by atomic mass is 10.2. The highest BCUT2D eigenvalue weighted by atomic mass is 32.1. The maximum absolute atomic E-state index is 12.3. The normalized spacial score (nSPS) is 16.3. The van der Waals surface area contributed by atoms with Crippen LogP contribution in [0.5, 0.6) is 0 Å². The molecule has 3 aromatic rings. The Balaban J connectivity index is 1.05. The van der Waals surface area contributed by atoms with E-state index in [0.717, 1.165) is 73.8 Å². The van der Waals surface area contributed by atoms with Crippen LogP contribution in [0.15, 0.2) is 42.5 Å². The number of benzene rings is 1. The van der Waals surface area contributed by atoms with Gasteiger partial charge in [0, 0.05) is 51.4 Å². The number of piperazine rings is 1. The van der Waals surface area contributed by atoms with Crippen LogP contribution in [0.2, 0.25) is 0 Å². The molecule has 184 valence electrons. The number of rotatable bonds is 8. The van der Waals surface area contributed by atoms with Crippen LogP contribution in [0.4, 0.5) is 21.4 Å². The molecular weight excluding hydrogens is 462 g/mol. The number of thiazole rings is 1. The average molecular weight is 494 g/mol. The Morgan fingerprint density at radius 3 is 2.57 bits per heavy atom. The molecule has 10 heteroatoms. The number of amides is 3. The van der Waals surface area contributed by atoms with Gasteiger partial charge in [0.15, 0.2) is 5.13 Å². The Morgan fingerprint density at radius 2 is 1.83 bits per heavy atom. The Morgan fingerprint density at radius 1 is 1.06 bits per heavy atom. The third kappa shape index (κ3) is 5.88. The maximum atomic E-state index is 12.3. The molecule has 2 N–H and O–H groups in total. The van der Waals surface area contributed by atoms with E-state index in [9.17, 15) is 9.59 Å². The van der Waals surface area contributed by atoms with Gasteiger partial charge in [-0.15, -0.1) is 0 Å². The second kappa shape index (κ2) is 10.6. The van der Waals surface area contributed by atoms with Gasteiger partial charge < -0.3 is 15.1 Å². The summed E-state index contributed by atoms with van der Waals surface area (Å²) in [6.07, 6.45) is 2.99. The van der Waals surface area contributed by atoms with Gasteiger partial charge in [0.05, 0.1) is 0 Å². The predicted molar refractivity (Wildman–Crippen MR) is 139 cm³/mol. The van der Waals surface area contributed by atoms with Crippen LogP contribution in [0.3, 0.4) is 0 Å². The Hall–Kier alpha value is -3.24. The molecule has 2 fully saturated rings. The van der Waals surface area contributed by atoms with E-state index in [1.54, 1.807) is 0 Å². The summed E-state index contributed by atoms with van der Waals surface area (Å²) in [5.74, 6) is 1.46. The van der Waals surface area contributed by atoms with Crippen molar-refractivity contribution < 1.29 is 9.59 Å². The molecule has 3 amide bonds. The van der Waals surface area contributed by atoms with Crippen molar-refractivity contribution in [3.05, 3.63) is 42.5 Å². The molecule has 1 aliphatic carbocycles. The molecular formula is C25H31N7O2S. The van der Waals surface area contributed by atoms with E-state index in [2.05, 4.69) is 20.5 Å². The summed E-state index contributed by atoms with van der Waals surface area (Å²) in [5.41, 5.74) is 1.81. The molecule has 2 aliphatic rings. The molecule has 0 atom stereocenters. The lowest BCUT2D eigenvalue weighted by molar-refractivity contribution is -0.134. The molecule has 1 aliphatic heterocycles. The number of urea groups is 1. The van der Waals surface area contributed by atoms with Crippen molar-refractivity contribution in [1.29, 1.82) is 0 Å². The lowest BCUT2D eigenvalue weighted by Gasteiger charge is -2.34. The number of carbonyl (C=O) groups excluding carboxylic acids is 2. The Kier molecular flexibility index (Phi) is 7.10. The molecule has 5 rings (SSSR count). The zero-order valence-electron chi connectivity index (χ0n) is 19.9. The zero-order chi connectivity index (χ0) is 24.2. The molecule has 35 heavy (non-hydrogen) atoms. The first-order chi connectivity index (χ1) is 17.1. The third-order valence-corrected chi connectivity index (χ3v) is 7.38. The molecule has 1 saturated carbocycles. The van der Waals surface area contributed by atoms with Crippen LogP contribution in [0.1, 0.15) is 19.3 Å². The molecule has 3 heterocycles. The van der Waals surface area contributed by atoms with Gasteiger partial charge in [-0.1, -0.05) is 29.5 Å². The van der Waals surface area contributed by atoms with Crippen molar-refractivity contribution in [3.8, 4) is 0 Å². The molecule has 1 saturated heterocycles. The minimum Gasteiger partial charge on any atom is -0.340 e. The zero-order valence-corrected chi connectivity index (χ0v) is 20.8. The second-order valence-corrected chi connectivity index (χ2v) is 10.1. The van der Waals surface area contributed by atoms with Gasteiger partial charge in [0.25, 0.3) is 0 Å². The van der Waals surface area contributed by atoms with Crippen molar-refractivity contribution in [2.75, 3.05) is 56.5 Å². The van der Waals surface area contributed by atoms with E-state index in [-0.39, 0.29) is 6.03 Å². The SMILES string of the molecule is CN(c1ccccc1)c1ccc2nc(NC(=O)NCCCN3CCN(C(=O)C4CC4)CC3)sc2n1. The molecule has 0 radical (unpaired) electrons. The minimum absolute atomic E-state index is 0.259. The van der Waals surface area contributed by atoms with Gasteiger partial charge in [0.2, 0.25) is 5.91 Å². The lowest BCUT2D eigenvalue weighted by Crippen LogP contribution is -2.49. The summed E-state index contributed by atoms with van der Waals surface area (Å²) in [4.78, 5) is 40.9. The fraction of sp³-hybridized carbons (Fsp3) is 0.440. The number of fused-ring (bicyclic) bond motifs is 1. The van der Waals surface area contributed by atoms with Gasteiger partial charge in [-0.25, -0.2) is 14.8 Å². The first-order valence-electron chi connectivity index (χ1n) is 12.2. The van der Waals surface area contributed by atoms with E-state index in [1.165, 1.54) is 11.3 Å². The fourth-order valence-corrected chi connectivity index (χ4v) is 5.09. The van der Waals surface area contributed by atoms with Gasteiger partial charge in [0.1, 0.15) is 16.2 Å². The largest absolute Gasteiger partial charge is 0.340 e. The maximum Gasteiger partial charge on any atom is 0.321 e. The Labute approximate surface area is 209 Å². The van der Waals surface area contributed by atoms with Crippen LogP contribution < -0.4 is 15.5 Å². The fourth-order valence-electron chi connectivity index (χ4n) is 4.26. The summed E-state index contributed by atoms with van der Waals surface area (Å²) < 4.78 is 0. The van der Waals surface area contributed by atoms with Crippen LogP contribution in [-0.4, -0.2) is 78.0 Å². The highest BCUT2D eigenvalue weighted by Crippen LogP contribution is 2.31. The molecule has 9 nitrogen and oxygen atoms in total. The smallest absolute Gasteiger partial charge is 0.321 e. The molecule has 0 spiro atoms. The summed E-state index contributed by atoms with van der Waals surface area (Å²) in [6, 6.07) is 13.6. The van der Waals surface area contributed by atoms with Crippen molar-refractivity contribution in [2.24, 2.45) is 5.92 Å². The molecule has 1 aromatic carbocycles. The third-order valence-electron chi connectivity index (χ3n) is 6.50. The van der Waals surface area contributed by atoms with Crippen molar-refractivity contribution in [2.45, 2.75) is 19.3 Å². The number of carbonyl (C=O) groups is 2. The first kappa shape index (κ1) is 23.5. The van der Waals surface area contributed by atoms with Crippen LogP contribution >= 0.6 is 11.3 Å². The molecule has 0 bridgehead atoms. The highest BCUT2D eigenvalue weighted by molar-refractivity contribution is 7.22. The number of aromatic nitrogens is 2. The van der Waals surface area contributed by atoms with E-state index < -0.39 is 0 Å². The van der Waals surface area contributed by atoms with Gasteiger partial charge in [-0.2, -0.15) is 0 Å². The number of hydrogen-bond donors (Lipinski definition) is 2. The first-order valence-corrected chi connectivity index (χ1v) is 13.0. The quantitative estimate of drug-likeness (QED) is 0.467. The standard InChI is InChI=1S/C25H31N7O2S/c1-30(19-6-3-2-4-7-19)21-11-10-20-22(28-21)35-25(27-20)29-24(34)26-12-5-13-31-14-16-32(17-15-31)23(33)18-8-9-18/h2-4,6-7,10-11,18H,5,8-9,12-17H2,1H3,(H2,26,27,29,34). The average Bonchev–Trinajstić information content (AvgIpc) is 3.66. The molecule has 2 aromatic heterocycles. The van der Waals surface area contributed by atoms with Gasteiger partial charge in [-0.3, -0.25) is 15.0 Å². The number of nitrogens with one attached hydrogen (secondary N) is 2. The Bertz CT molecular complexity index is 1170. The van der Waals surface area contributed by atoms with Gasteiger partial charge >= 0.3 is 6.03 Å². The van der Waals surface area contributed by atoms with Crippen molar-refractivity contribution in [3.63, 3.8) is 0 Å². The van der Waals surface area contributed by atoms with E-state index in [1.807, 2.05) is 59.3 Å². The van der Waals surface area contributed by atoms with Crippen LogP contribution in [-0.2, 0) is 4.79 Å². The monoisotopic (exact) mass is 493 g/mol. The number of pyridine rings is 1. The van der Waals surface area contributed by atoms with E-state index >= 15 is 0 Å². The summed E-state index contributed by atoms with van der Waals surface area (Å²) in [5, 5.41) is 6.27. The van der Waals surface area contributed by atoms with E-state index in [0.29, 0.717) is 23.5 Å². The summed E-state index contributed by atoms with van der Waals surface area (Å²) >= 11 is 1.36. The number of para-hydroxylation sites is 1. The van der Waals surface area contributed by atoms with Gasteiger partial charge in [-0.05, 0) is 50.1 Å². The number of anilines is 3. The number of hydrogen-bond acceptors (Lipinski definition) is 7. The summed E-state index contributed by atoms with van der Waals surface area (Å²) in [7, 11) is 1.98. The topological polar surface area (TPSA) is 93.7 Å². The van der Waals surface area contributed by atoms with Crippen LogP contribution in [0, 0.1) is 5.92 Å². The number of nitrogens with zero attached hydrogens (tertiary/aromatic N) is 5. The minimum atomic E-state index is -0.259.